The molecule has 1 rings (SSSR count). The van der Waals surface area contributed by atoms with Gasteiger partial charge in [0.25, 0.3) is 0 Å². The topological polar surface area (TPSA) is 55.1 Å². The molecular formula is C15H24BrClN2O. The summed E-state index contributed by atoms with van der Waals surface area (Å²) in [6.45, 7) is 6.73. The van der Waals surface area contributed by atoms with Gasteiger partial charge in [-0.1, -0.05) is 41.9 Å². The molecule has 3 N–H and O–H groups in total. The monoisotopic (exact) mass is 362 g/mol. The Hall–Kier alpha value is -0.580. The predicted molar refractivity (Wildman–Crippen MR) is 90.2 cm³/mol. The second kappa shape index (κ2) is 8.65. The van der Waals surface area contributed by atoms with Gasteiger partial charge in [0.1, 0.15) is 0 Å². The molecular weight excluding hydrogens is 340 g/mol. The first-order valence-corrected chi connectivity index (χ1v) is 7.39. The van der Waals surface area contributed by atoms with Crippen molar-refractivity contribution in [3.63, 3.8) is 0 Å². The van der Waals surface area contributed by atoms with Crippen LogP contribution in [0.1, 0.15) is 32.8 Å². The van der Waals surface area contributed by atoms with Gasteiger partial charge in [0.15, 0.2) is 0 Å². The van der Waals surface area contributed by atoms with Gasteiger partial charge in [0, 0.05) is 16.6 Å². The van der Waals surface area contributed by atoms with Crippen molar-refractivity contribution in [2.75, 3.05) is 6.54 Å². The molecule has 0 aliphatic carbocycles. The number of hydrogen-bond donors (Lipinski definition) is 2. The van der Waals surface area contributed by atoms with Crippen molar-refractivity contribution in [2.24, 2.45) is 11.7 Å². The minimum atomic E-state index is -0.319. The third-order valence-electron chi connectivity index (χ3n) is 3.03. The highest BCUT2D eigenvalue weighted by Crippen LogP contribution is 2.16. The first kappa shape index (κ1) is 19.4. The Balaban J connectivity index is 0.00000361. The Labute approximate surface area is 136 Å². The van der Waals surface area contributed by atoms with Gasteiger partial charge in [-0.2, -0.15) is 0 Å². The zero-order valence-corrected chi connectivity index (χ0v) is 14.7. The average Bonchev–Trinajstić information content (AvgIpc) is 2.31. The number of carbonyl (C=O) groups is 1. The molecule has 5 heteroatoms. The van der Waals surface area contributed by atoms with E-state index in [1.165, 1.54) is 0 Å². The molecule has 114 valence electrons. The highest BCUT2D eigenvalue weighted by Gasteiger charge is 2.25. The second-order valence-corrected chi connectivity index (χ2v) is 6.63. The normalized spacial score (nSPS) is 13.5. The minimum absolute atomic E-state index is 0. The Kier molecular flexibility index (Phi) is 8.40. The number of carbonyl (C=O) groups excluding carboxylic acids is 1. The van der Waals surface area contributed by atoms with Crippen molar-refractivity contribution in [1.29, 1.82) is 0 Å². The maximum atomic E-state index is 12.1. The van der Waals surface area contributed by atoms with Crippen LogP contribution in [0.3, 0.4) is 0 Å². The summed E-state index contributed by atoms with van der Waals surface area (Å²) < 4.78 is 1.02. The van der Waals surface area contributed by atoms with E-state index in [1.54, 1.807) is 0 Å². The van der Waals surface area contributed by atoms with Crippen molar-refractivity contribution in [3.8, 4) is 0 Å². The summed E-state index contributed by atoms with van der Waals surface area (Å²) in [5.41, 5.74) is 6.48. The van der Waals surface area contributed by atoms with E-state index in [0.29, 0.717) is 18.9 Å². The summed E-state index contributed by atoms with van der Waals surface area (Å²) >= 11 is 3.38. The number of benzene rings is 1. The lowest BCUT2D eigenvalue weighted by atomic mass is 9.90. The number of nitrogens with one attached hydrogen (secondary N) is 1. The molecule has 0 saturated carbocycles. The molecule has 0 saturated heterocycles. The fraction of sp³-hybridized carbons (Fsp3) is 0.533. The van der Waals surface area contributed by atoms with Crippen molar-refractivity contribution in [3.05, 3.63) is 34.3 Å². The van der Waals surface area contributed by atoms with Gasteiger partial charge < -0.3 is 11.1 Å². The highest BCUT2D eigenvalue weighted by atomic mass is 79.9. The largest absolute Gasteiger partial charge is 0.349 e. The van der Waals surface area contributed by atoms with Crippen LogP contribution in [-0.4, -0.2) is 18.0 Å². The SMILES string of the molecule is CC(C)CC(C)(CN)NC(=O)Cc1ccc(Br)cc1.Cl. The summed E-state index contributed by atoms with van der Waals surface area (Å²) in [5, 5.41) is 3.06. The molecule has 0 aliphatic rings. The van der Waals surface area contributed by atoms with E-state index in [2.05, 4.69) is 35.1 Å². The third-order valence-corrected chi connectivity index (χ3v) is 3.56. The van der Waals surface area contributed by atoms with E-state index in [-0.39, 0.29) is 23.9 Å². The average molecular weight is 364 g/mol. The van der Waals surface area contributed by atoms with Gasteiger partial charge in [-0.3, -0.25) is 4.79 Å². The van der Waals surface area contributed by atoms with Gasteiger partial charge >= 0.3 is 0 Å². The first-order chi connectivity index (χ1) is 8.84. The number of amides is 1. The molecule has 1 aromatic rings. The van der Waals surface area contributed by atoms with E-state index in [9.17, 15) is 4.79 Å². The van der Waals surface area contributed by atoms with Crippen LogP contribution in [0.15, 0.2) is 28.7 Å². The van der Waals surface area contributed by atoms with Crippen molar-refractivity contribution < 1.29 is 4.79 Å². The van der Waals surface area contributed by atoms with Gasteiger partial charge in [0.05, 0.1) is 6.42 Å². The molecule has 0 bridgehead atoms. The van der Waals surface area contributed by atoms with E-state index in [1.807, 2.05) is 31.2 Å². The lowest BCUT2D eigenvalue weighted by Crippen LogP contribution is -2.52. The summed E-state index contributed by atoms with van der Waals surface area (Å²) in [7, 11) is 0. The molecule has 0 heterocycles. The molecule has 0 aromatic heterocycles. The maximum absolute atomic E-state index is 12.1. The number of rotatable bonds is 6. The summed E-state index contributed by atoms with van der Waals surface area (Å²) in [6, 6.07) is 7.79. The number of hydrogen-bond acceptors (Lipinski definition) is 2. The van der Waals surface area contributed by atoms with Crippen LogP contribution >= 0.6 is 28.3 Å². The Morgan fingerprint density at radius 3 is 2.35 bits per heavy atom. The number of nitrogens with two attached hydrogens (primary N) is 1. The van der Waals surface area contributed by atoms with Crippen LogP contribution in [0.4, 0.5) is 0 Å². The van der Waals surface area contributed by atoms with Gasteiger partial charge in [-0.15, -0.1) is 12.4 Å². The van der Waals surface area contributed by atoms with Crippen LogP contribution in [0.2, 0.25) is 0 Å². The van der Waals surface area contributed by atoms with Gasteiger partial charge in [-0.25, -0.2) is 0 Å². The van der Waals surface area contributed by atoms with Crippen LogP contribution in [0.5, 0.6) is 0 Å². The Morgan fingerprint density at radius 1 is 1.35 bits per heavy atom. The molecule has 0 spiro atoms. The van der Waals surface area contributed by atoms with Crippen LogP contribution in [0.25, 0.3) is 0 Å². The van der Waals surface area contributed by atoms with Crippen molar-refractivity contribution in [1.82, 2.24) is 5.32 Å². The zero-order chi connectivity index (χ0) is 14.5. The lowest BCUT2D eigenvalue weighted by Gasteiger charge is -2.31. The van der Waals surface area contributed by atoms with Crippen molar-refractivity contribution >= 4 is 34.2 Å². The predicted octanol–water partition coefficient (Wildman–Crippen LogP) is 3.29. The fourth-order valence-corrected chi connectivity index (χ4v) is 2.52. The van der Waals surface area contributed by atoms with Crippen molar-refractivity contribution in [2.45, 2.75) is 39.2 Å². The smallest absolute Gasteiger partial charge is 0.224 e. The molecule has 0 fully saturated rings. The van der Waals surface area contributed by atoms with Gasteiger partial charge in [0.2, 0.25) is 5.91 Å². The molecule has 1 atom stereocenters. The Morgan fingerprint density at radius 2 is 1.90 bits per heavy atom. The highest BCUT2D eigenvalue weighted by molar-refractivity contribution is 9.10. The molecule has 0 aliphatic heterocycles. The molecule has 3 nitrogen and oxygen atoms in total. The maximum Gasteiger partial charge on any atom is 0.224 e. The lowest BCUT2D eigenvalue weighted by molar-refractivity contribution is -0.122. The van der Waals surface area contributed by atoms with Gasteiger partial charge in [-0.05, 0) is 37.0 Å². The second-order valence-electron chi connectivity index (χ2n) is 5.71. The standard InChI is InChI=1S/C15H23BrN2O.ClH/c1-11(2)9-15(3,10-17)18-14(19)8-12-4-6-13(16)7-5-12;/h4-7,11H,8-10,17H2,1-3H3,(H,18,19);1H. The summed E-state index contributed by atoms with van der Waals surface area (Å²) in [5.74, 6) is 0.525. The van der Waals surface area contributed by atoms with E-state index in [0.717, 1.165) is 16.5 Å². The van der Waals surface area contributed by atoms with E-state index < -0.39 is 0 Å². The molecule has 20 heavy (non-hydrogen) atoms. The summed E-state index contributed by atoms with van der Waals surface area (Å²) in [6.07, 6.45) is 1.27. The minimum Gasteiger partial charge on any atom is -0.349 e. The molecule has 1 aromatic carbocycles. The van der Waals surface area contributed by atoms with Crippen LogP contribution in [0, 0.1) is 5.92 Å². The van der Waals surface area contributed by atoms with Crippen LogP contribution in [-0.2, 0) is 11.2 Å². The Bertz CT molecular complexity index is 422. The van der Waals surface area contributed by atoms with Crippen LogP contribution < -0.4 is 11.1 Å². The zero-order valence-electron chi connectivity index (χ0n) is 12.3. The number of halogens is 2. The quantitative estimate of drug-likeness (QED) is 0.815. The summed E-state index contributed by atoms with van der Waals surface area (Å²) in [4.78, 5) is 12.1. The van der Waals surface area contributed by atoms with E-state index in [4.69, 9.17) is 5.73 Å². The molecule has 1 amide bonds. The fourth-order valence-electron chi connectivity index (χ4n) is 2.25. The molecule has 1 unspecified atom stereocenters. The molecule has 0 radical (unpaired) electrons. The van der Waals surface area contributed by atoms with E-state index >= 15 is 0 Å². The third kappa shape index (κ3) is 6.73. The first-order valence-electron chi connectivity index (χ1n) is 6.60.